The van der Waals surface area contributed by atoms with Crippen molar-refractivity contribution < 1.29 is 13.5 Å². The third-order valence-electron chi connectivity index (χ3n) is 2.55. The summed E-state index contributed by atoms with van der Waals surface area (Å²) in [5, 5.41) is 13.8. The van der Waals surface area contributed by atoms with Gasteiger partial charge in [0.1, 0.15) is 5.60 Å². The van der Waals surface area contributed by atoms with Crippen LogP contribution in [0.2, 0.25) is 0 Å². The lowest BCUT2D eigenvalue weighted by molar-refractivity contribution is 0.0632. The summed E-state index contributed by atoms with van der Waals surface area (Å²) < 4.78 is 25.6. The number of sulfonamides is 1. The molecule has 0 saturated carbocycles. The lowest BCUT2D eigenvalue weighted by Crippen LogP contribution is -2.39. The van der Waals surface area contributed by atoms with Crippen molar-refractivity contribution in [2.45, 2.75) is 32.3 Å². The molecule has 0 radical (unpaired) electrons. The Morgan fingerprint density at radius 1 is 1.53 bits per heavy atom. The summed E-state index contributed by atoms with van der Waals surface area (Å²) >= 11 is 1.48. The van der Waals surface area contributed by atoms with Crippen LogP contribution in [-0.2, 0) is 15.6 Å². The van der Waals surface area contributed by atoms with E-state index in [4.69, 9.17) is 0 Å². The Kier molecular flexibility index (Phi) is 5.12. The molecule has 0 aliphatic carbocycles. The average Bonchev–Trinajstić information content (AvgIpc) is 2.78. The molecule has 1 aromatic rings. The third-order valence-corrected chi connectivity index (χ3v) is 4.64. The third kappa shape index (κ3) is 4.75. The van der Waals surface area contributed by atoms with Crippen LogP contribution in [0.1, 0.15) is 32.3 Å². The Labute approximate surface area is 107 Å². The molecule has 1 unspecified atom stereocenters. The second kappa shape index (κ2) is 5.95. The zero-order valence-corrected chi connectivity index (χ0v) is 11.8. The minimum absolute atomic E-state index is 0.00970. The second-order valence-electron chi connectivity index (χ2n) is 4.28. The SMILES string of the molecule is CCCCS(=O)(=O)NCC(C)(O)c1ccsc1. The van der Waals surface area contributed by atoms with Crippen molar-refractivity contribution in [3.05, 3.63) is 22.4 Å². The lowest BCUT2D eigenvalue weighted by Gasteiger charge is -2.22. The predicted octanol–water partition coefficient (Wildman–Crippen LogP) is 1.68. The van der Waals surface area contributed by atoms with Crippen LogP contribution in [0.15, 0.2) is 16.8 Å². The molecule has 0 fully saturated rings. The van der Waals surface area contributed by atoms with Crippen molar-refractivity contribution in [3.63, 3.8) is 0 Å². The van der Waals surface area contributed by atoms with Crippen molar-refractivity contribution in [1.82, 2.24) is 4.72 Å². The molecule has 0 aromatic carbocycles. The number of hydrogen-bond donors (Lipinski definition) is 2. The first-order valence-electron chi connectivity index (χ1n) is 5.60. The molecule has 0 aliphatic heterocycles. The van der Waals surface area contributed by atoms with Gasteiger partial charge in [0, 0.05) is 6.54 Å². The highest BCUT2D eigenvalue weighted by Crippen LogP contribution is 2.22. The van der Waals surface area contributed by atoms with Gasteiger partial charge in [-0.15, -0.1) is 0 Å². The van der Waals surface area contributed by atoms with E-state index in [0.29, 0.717) is 6.42 Å². The number of nitrogens with one attached hydrogen (secondary N) is 1. The van der Waals surface area contributed by atoms with Gasteiger partial charge >= 0.3 is 0 Å². The minimum Gasteiger partial charge on any atom is -0.384 e. The van der Waals surface area contributed by atoms with Crippen molar-refractivity contribution >= 4 is 21.4 Å². The molecular weight excluding hydrogens is 258 g/mol. The van der Waals surface area contributed by atoms with Gasteiger partial charge in [0.05, 0.1) is 5.75 Å². The minimum atomic E-state index is -3.27. The van der Waals surface area contributed by atoms with Crippen LogP contribution in [0.5, 0.6) is 0 Å². The van der Waals surface area contributed by atoms with Crippen LogP contribution in [0, 0.1) is 0 Å². The van der Waals surface area contributed by atoms with E-state index in [1.54, 1.807) is 13.0 Å². The summed E-state index contributed by atoms with van der Waals surface area (Å²) in [6, 6.07) is 1.80. The van der Waals surface area contributed by atoms with E-state index in [9.17, 15) is 13.5 Å². The van der Waals surface area contributed by atoms with Gasteiger partial charge in [-0.1, -0.05) is 13.3 Å². The van der Waals surface area contributed by atoms with Crippen molar-refractivity contribution in [2.75, 3.05) is 12.3 Å². The zero-order chi connectivity index (χ0) is 12.9. The summed E-state index contributed by atoms with van der Waals surface area (Å²) in [5.41, 5.74) is -0.417. The van der Waals surface area contributed by atoms with E-state index in [1.165, 1.54) is 11.3 Å². The van der Waals surface area contributed by atoms with E-state index in [1.807, 2.05) is 17.7 Å². The van der Waals surface area contributed by atoms with Crippen LogP contribution in [-0.4, -0.2) is 25.8 Å². The summed E-state index contributed by atoms with van der Waals surface area (Å²) in [7, 11) is -3.27. The number of rotatable bonds is 7. The van der Waals surface area contributed by atoms with Gasteiger partial charge in [0.25, 0.3) is 0 Å². The molecule has 0 bridgehead atoms. The van der Waals surface area contributed by atoms with Crippen LogP contribution in [0.4, 0.5) is 0 Å². The molecule has 4 nitrogen and oxygen atoms in total. The van der Waals surface area contributed by atoms with Gasteiger partial charge in [-0.2, -0.15) is 11.3 Å². The van der Waals surface area contributed by atoms with Gasteiger partial charge < -0.3 is 5.11 Å². The summed E-state index contributed by atoms with van der Waals surface area (Å²) in [6.07, 6.45) is 1.47. The molecule has 0 saturated heterocycles. The molecule has 1 rings (SSSR count). The summed E-state index contributed by atoms with van der Waals surface area (Å²) in [6.45, 7) is 3.56. The van der Waals surface area contributed by atoms with Crippen molar-refractivity contribution in [1.29, 1.82) is 0 Å². The number of aliphatic hydroxyl groups is 1. The largest absolute Gasteiger partial charge is 0.384 e. The van der Waals surface area contributed by atoms with E-state index < -0.39 is 15.6 Å². The molecular formula is C11H19NO3S2. The van der Waals surface area contributed by atoms with E-state index >= 15 is 0 Å². The Bertz CT molecular complexity index is 424. The molecule has 98 valence electrons. The molecule has 0 aliphatic rings. The van der Waals surface area contributed by atoms with Crippen LogP contribution >= 0.6 is 11.3 Å². The monoisotopic (exact) mass is 277 g/mol. The Balaban J connectivity index is 2.56. The summed E-state index contributed by atoms with van der Waals surface area (Å²) in [5.74, 6) is 0.114. The molecule has 1 atom stereocenters. The van der Waals surface area contributed by atoms with Gasteiger partial charge in [0.15, 0.2) is 0 Å². The Morgan fingerprint density at radius 2 is 2.24 bits per heavy atom. The first kappa shape index (κ1) is 14.6. The van der Waals surface area contributed by atoms with Crippen LogP contribution in [0.25, 0.3) is 0 Å². The van der Waals surface area contributed by atoms with Gasteiger partial charge in [-0.3, -0.25) is 0 Å². The summed E-state index contributed by atoms with van der Waals surface area (Å²) in [4.78, 5) is 0. The van der Waals surface area contributed by atoms with E-state index in [0.717, 1.165) is 12.0 Å². The molecule has 1 aromatic heterocycles. The topological polar surface area (TPSA) is 66.4 Å². The van der Waals surface area contributed by atoms with E-state index in [2.05, 4.69) is 4.72 Å². The van der Waals surface area contributed by atoms with Crippen LogP contribution < -0.4 is 4.72 Å². The van der Waals surface area contributed by atoms with Crippen molar-refractivity contribution in [2.24, 2.45) is 0 Å². The smallest absolute Gasteiger partial charge is 0.211 e. The van der Waals surface area contributed by atoms with Gasteiger partial charge in [0.2, 0.25) is 10.0 Å². The van der Waals surface area contributed by atoms with Crippen LogP contribution in [0.3, 0.4) is 0 Å². The molecule has 6 heteroatoms. The average molecular weight is 277 g/mol. The molecule has 2 N–H and O–H groups in total. The highest BCUT2D eigenvalue weighted by molar-refractivity contribution is 7.89. The maximum atomic E-state index is 11.6. The maximum Gasteiger partial charge on any atom is 0.211 e. The Hall–Kier alpha value is -0.430. The molecule has 0 amide bonds. The van der Waals surface area contributed by atoms with Crippen molar-refractivity contribution in [3.8, 4) is 0 Å². The molecule has 1 heterocycles. The molecule has 0 spiro atoms. The highest BCUT2D eigenvalue weighted by Gasteiger charge is 2.25. The zero-order valence-electron chi connectivity index (χ0n) is 10.1. The maximum absolute atomic E-state index is 11.6. The fraction of sp³-hybridized carbons (Fsp3) is 0.636. The Morgan fingerprint density at radius 3 is 2.76 bits per heavy atom. The fourth-order valence-electron chi connectivity index (χ4n) is 1.33. The highest BCUT2D eigenvalue weighted by atomic mass is 32.2. The first-order chi connectivity index (χ1) is 7.87. The standard InChI is InChI=1S/C11H19NO3S2/c1-3-4-7-17(14,15)12-9-11(2,13)10-5-6-16-8-10/h5-6,8,12-13H,3-4,7,9H2,1-2H3. The normalized spacial score (nSPS) is 15.7. The number of hydrogen-bond acceptors (Lipinski definition) is 4. The number of unbranched alkanes of at least 4 members (excludes halogenated alkanes) is 1. The first-order valence-corrected chi connectivity index (χ1v) is 8.19. The number of thiophene rings is 1. The fourth-order valence-corrected chi connectivity index (χ4v) is 3.43. The lowest BCUT2D eigenvalue weighted by atomic mass is 10.0. The predicted molar refractivity (Wildman–Crippen MR) is 70.6 cm³/mol. The molecule has 17 heavy (non-hydrogen) atoms. The second-order valence-corrected chi connectivity index (χ2v) is 6.99. The van der Waals surface area contributed by atoms with E-state index in [-0.39, 0.29) is 12.3 Å². The van der Waals surface area contributed by atoms with Gasteiger partial charge in [-0.05, 0) is 35.7 Å². The quantitative estimate of drug-likeness (QED) is 0.797. The van der Waals surface area contributed by atoms with Gasteiger partial charge in [-0.25, -0.2) is 13.1 Å².